The molecular formula is C27H25FN6O2. The molecule has 5 aromatic rings. The average molecular weight is 485 g/mol. The topological polar surface area (TPSA) is 87.7 Å². The van der Waals surface area contributed by atoms with Gasteiger partial charge >= 0.3 is 0 Å². The Kier molecular flexibility index (Phi) is 5.22. The second-order valence-electron chi connectivity index (χ2n) is 9.32. The van der Waals surface area contributed by atoms with E-state index in [9.17, 15) is 14.3 Å². The van der Waals surface area contributed by atoms with Crippen LogP contribution in [0.5, 0.6) is 0 Å². The van der Waals surface area contributed by atoms with Crippen molar-refractivity contribution in [2.75, 3.05) is 18.0 Å². The Morgan fingerprint density at radius 2 is 1.94 bits per heavy atom. The molecule has 0 saturated carbocycles. The summed E-state index contributed by atoms with van der Waals surface area (Å²) in [4.78, 5) is 19.8. The summed E-state index contributed by atoms with van der Waals surface area (Å²) in [6.07, 6.45) is 3.35. The van der Waals surface area contributed by atoms with E-state index in [0.717, 1.165) is 22.0 Å². The number of aliphatic hydroxyl groups excluding tert-OH is 1. The summed E-state index contributed by atoms with van der Waals surface area (Å²) < 4.78 is 17.3. The second kappa shape index (κ2) is 8.46. The van der Waals surface area contributed by atoms with Crippen molar-refractivity contribution < 1.29 is 14.3 Å². The highest BCUT2D eigenvalue weighted by Gasteiger charge is 2.27. The van der Waals surface area contributed by atoms with Crippen molar-refractivity contribution in [2.45, 2.75) is 19.1 Å². The van der Waals surface area contributed by atoms with Crippen LogP contribution < -0.4 is 10.2 Å². The zero-order valence-corrected chi connectivity index (χ0v) is 19.9. The van der Waals surface area contributed by atoms with Crippen LogP contribution >= 0.6 is 0 Å². The number of aromatic nitrogens is 4. The Hall–Kier alpha value is -4.24. The maximum absolute atomic E-state index is 13.6. The van der Waals surface area contributed by atoms with Gasteiger partial charge < -0.3 is 19.9 Å². The largest absolute Gasteiger partial charge is 0.389 e. The number of amides is 1. The van der Waals surface area contributed by atoms with Crippen molar-refractivity contribution in [1.82, 2.24) is 24.5 Å². The van der Waals surface area contributed by atoms with E-state index in [0.29, 0.717) is 35.8 Å². The maximum atomic E-state index is 13.6. The first kappa shape index (κ1) is 22.2. The lowest BCUT2D eigenvalue weighted by molar-refractivity contribution is 0.0941. The molecule has 0 spiro atoms. The van der Waals surface area contributed by atoms with Crippen LogP contribution in [0.2, 0.25) is 0 Å². The fourth-order valence-corrected chi connectivity index (χ4v) is 4.69. The molecule has 4 heterocycles. The predicted octanol–water partition coefficient (Wildman–Crippen LogP) is 3.70. The van der Waals surface area contributed by atoms with Crippen molar-refractivity contribution in [1.29, 1.82) is 0 Å². The minimum absolute atomic E-state index is 0.219. The second-order valence-corrected chi connectivity index (χ2v) is 9.32. The highest BCUT2D eigenvalue weighted by molar-refractivity contribution is 6.08. The Labute approximate surface area is 206 Å². The van der Waals surface area contributed by atoms with E-state index >= 15 is 0 Å². The zero-order valence-electron chi connectivity index (χ0n) is 19.9. The van der Waals surface area contributed by atoms with Gasteiger partial charge in [0.05, 0.1) is 17.7 Å². The number of hydrogen-bond acceptors (Lipinski definition) is 5. The fraction of sp³-hybridized carbons (Fsp3) is 0.222. The van der Waals surface area contributed by atoms with Crippen LogP contribution in [-0.4, -0.2) is 49.4 Å². The molecule has 1 aliphatic heterocycles. The lowest BCUT2D eigenvalue weighted by atomic mass is 10.0. The Morgan fingerprint density at radius 1 is 1.14 bits per heavy atom. The quantitative estimate of drug-likeness (QED) is 0.397. The van der Waals surface area contributed by atoms with E-state index in [1.807, 2.05) is 66.2 Å². The van der Waals surface area contributed by atoms with Crippen LogP contribution in [0, 0.1) is 5.82 Å². The average Bonchev–Trinajstić information content (AvgIpc) is 3.42. The molecule has 8 nitrogen and oxygen atoms in total. The zero-order chi connectivity index (χ0) is 25.0. The Morgan fingerprint density at radius 3 is 2.72 bits per heavy atom. The van der Waals surface area contributed by atoms with Gasteiger partial charge in [-0.15, -0.1) is 5.10 Å². The highest BCUT2D eigenvalue weighted by atomic mass is 19.1. The number of aryl methyl sites for hydroxylation is 1. The molecule has 2 N–H and O–H groups in total. The van der Waals surface area contributed by atoms with Crippen LogP contribution in [0.4, 0.5) is 10.3 Å². The number of β-amino-alcohol motifs (C(OH)–C–C–N with tert-alkyl or cyclic N) is 1. The molecule has 2 aromatic carbocycles. The van der Waals surface area contributed by atoms with Gasteiger partial charge in [-0.1, -0.05) is 18.2 Å². The molecule has 0 radical (unpaired) electrons. The SMILES string of the molecule is CC(NC(=O)c1cn(C)c2ccc(-c3ccn4nc(N5CC(O)C5)nc4c3)cc12)c1cccc(F)c1. The van der Waals surface area contributed by atoms with Gasteiger partial charge in [-0.25, -0.2) is 8.91 Å². The van der Waals surface area contributed by atoms with E-state index < -0.39 is 0 Å². The molecule has 6 rings (SSSR count). The number of pyridine rings is 1. The number of halogens is 1. The number of fused-ring (bicyclic) bond motifs is 2. The molecule has 9 heteroatoms. The van der Waals surface area contributed by atoms with Gasteiger partial charge in [-0.2, -0.15) is 4.98 Å². The highest BCUT2D eigenvalue weighted by Crippen LogP contribution is 2.29. The third-order valence-corrected chi connectivity index (χ3v) is 6.74. The molecule has 1 aliphatic rings. The molecule has 36 heavy (non-hydrogen) atoms. The molecule has 1 saturated heterocycles. The van der Waals surface area contributed by atoms with E-state index in [-0.39, 0.29) is 23.9 Å². The molecule has 1 amide bonds. The molecule has 0 bridgehead atoms. The van der Waals surface area contributed by atoms with E-state index in [1.54, 1.807) is 16.6 Å². The number of nitrogens with one attached hydrogen (secondary N) is 1. The van der Waals surface area contributed by atoms with E-state index in [1.165, 1.54) is 12.1 Å². The van der Waals surface area contributed by atoms with Gasteiger partial charge in [0.2, 0.25) is 5.95 Å². The first-order valence-electron chi connectivity index (χ1n) is 11.8. The van der Waals surface area contributed by atoms with Crippen LogP contribution in [0.15, 0.2) is 67.0 Å². The first-order chi connectivity index (χ1) is 17.4. The van der Waals surface area contributed by atoms with E-state index in [4.69, 9.17) is 0 Å². The van der Waals surface area contributed by atoms with Crippen molar-refractivity contribution in [3.63, 3.8) is 0 Å². The summed E-state index contributed by atoms with van der Waals surface area (Å²) in [6.45, 7) is 2.92. The number of benzene rings is 2. The number of carbonyl (C=O) groups excluding carboxylic acids is 1. The van der Waals surface area contributed by atoms with Crippen molar-refractivity contribution >= 4 is 28.4 Å². The molecule has 182 valence electrons. The standard InChI is InChI=1S/C27H25FN6O2/c1-16(17-4-3-5-20(28)10-17)29-26(36)23-15-32(2)24-7-6-18(11-22(23)24)19-8-9-34-25(12-19)30-27(31-34)33-13-21(35)14-33/h3-12,15-16,21,35H,13-14H2,1-2H3,(H,29,36). The summed E-state index contributed by atoms with van der Waals surface area (Å²) in [5, 5.41) is 17.9. The number of anilines is 1. The summed E-state index contributed by atoms with van der Waals surface area (Å²) in [5.74, 6) is 0.0498. The summed E-state index contributed by atoms with van der Waals surface area (Å²) >= 11 is 0. The fourth-order valence-electron chi connectivity index (χ4n) is 4.69. The molecule has 3 aromatic heterocycles. The molecule has 1 unspecified atom stereocenters. The minimum Gasteiger partial charge on any atom is -0.389 e. The van der Waals surface area contributed by atoms with Gasteiger partial charge in [0.25, 0.3) is 5.91 Å². The smallest absolute Gasteiger partial charge is 0.253 e. The number of nitrogens with zero attached hydrogens (tertiary/aromatic N) is 5. The summed E-state index contributed by atoms with van der Waals surface area (Å²) in [5.41, 5.74) is 4.81. The van der Waals surface area contributed by atoms with E-state index in [2.05, 4.69) is 15.4 Å². The molecule has 1 fully saturated rings. The van der Waals surface area contributed by atoms with Crippen molar-refractivity contribution in [3.8, 4) is 11.1 Å². The first-order valence-corrected chi connectivity index (χ1v) is 11.8. The normalized spacial score (nSPS) is 14.8. The van der Waals surface area contributed by atoms with Crippen LogP contribution in [0.3, 0.4) is 0 Å². The number of hydrogen-bond donors (Lipinski definition) is 2. The molecular weight excluding hydrogens is 459 g/mol. The van der Waals surface area contributed by atoms with Gasteiger partial charge in [-0.3, -0.25) is 4.79 Å². The Balaban J connectivity index is 1.31. The lowest BCUT2D eigenvalue weighted by Crippen LogP contribution is -2.51. The lowest BCUT2D eigenvalue weighted by Gasteiger charge is -2.34. The van der Waals surface area contributed by atoms with Gasteiger partial charge in [0.15, 0.2) is 5.65 Å². The van der Waals surface area contributed by atoms with Crippen LogP contribution in [0.1, 0.15) is 28.9 Å². The molecule has 0 aliphatic carbocycles. The summed E-state index contributed by atoms with van der Waals surface area (Å²) in [7, 11) is 1.91. The molecule has 1 atom stereocenters. The number of carbonyl (C=O) groups is 1. The third kappa shape index (κ3) is 3.87. The third-order valence-electron chi connectivity index (χ3n) is 6.74. The van der Waals surface area contributed by atoms with Crippen molar-refractivity contribution in [3.05, 3.63) is 83.9 Å². The maximum Gasteiger partial charge on any atom is 0.253 e. The van der Waals surface area contributed by atoms with Gasteiger partial charge in [-0.05, 0) is 60.0 Å². The van der Waals surface area contributed by atoms with Crippen LogP contribution in [-0.2, 0) is 7.05 Å². The van der Waals surface area contributed by atoms with Gasteiger partial charge in [0, 0.05) is 43.4 Å². The van der Waals surface area contributed by atoms with Crippen molar-refractivity contribution in [2.24, 2.45) is 7.05 Å². The number of rotatable bonds is 5. The number of aliphatic hydroxyl groups is 1. The summed E-state index contributed by atoms with van der Waals surface area (Å²) in [6, 6.07) is 15.9. The van der Waals surface area contributed by atoms with Crippen LogP contribution in [0.25, 0.3) is 27.7 Å². The monoisotopic (exact) mass is 484 g/mol. The Bertz CT molecular complexity index is 1620. The predicted molar refractivity (Wildman–Crippen MR) is 135 cm³/mol. The van der Waals surface area contributed by atoms with Gasteiger partial charge in [0.1, 0.15) is 5.82 Å². The minimum atomic E-state index is -0.344.